The number of aryl methyl sites for hydroxylation is 1. The summed E-state index contributed by atoms with van der Waals surface area (Å²) in [5.74, 6) is 0.971. The van der Waals surface area contributed by atoms with E-state index in [1.807, 2.05) is 36.1 Å². The largest absolute Gasteiger partial charge is 0.358 e. The predicted molar refractivity (Wildman–Crippen MR) is 103 cm³/mol. The third-order valence-electron chi connectivity index (χ3n) is 4.25. The maximum Gasteiger partial charge on any atom is 0.222 e. The molecule has 1 fully saturated rings. The molecule has 3 rings (SSSR count). The molecule has 130 valence electrons. The average molecular weight is 354 g/mol. The molecular weight excluding hydrogens is 332 g/mol. The summed E-state index contributed by atoms with van der Waals surface area (Å²) in [5.41, 5.74) is 3.42. The van der Waals surface area contributed by atoms with Crippen LogP contribution in [0.15, 0.2) is 42.6 Å². The highest BCUT2D eigenvalue weighted by Gasteiger charge is 2.20. The first-order chi connectivity index (χ1) is 12.1. The first-order valence-electron chi connectivity index (χ1n) is 8.44. The number of amides is 1. The number of anilines is 1. The number of hydrogen-bond acceptors (Lipinski definition) is 3. The zero-order valence-electron chi connectivity index (χ0n) is 14.3. The number of hydrogen-bond donors (Lipinski definition) is 2. The summed E-state index contributed by atoms with van der Waals surface area (Å²) in [7, 11) is 0. The summed E-state index contributed by atoms with van der Waals surface area (Å²) in [6.45, 7) is 4.13. The molecule has 1 aliphatic heterocycles. The minimum Gasteiger partial charge on any atom is -0.358 e. The molecule has 1 amide bonds. The van der Waals surface area contributed by atoms with E-state index in [9.17, 15) is 4.79 Å². The van der Waals surface area contributed by atoms with Crippen molar-refractivity contribution in [3.63, 3.8) is 0 Å². The van der Waals surface area contributed by atoms with Crippen molar-refractivity contribution in [2.24, 2.45) is 0 Å². The van der Waals surface area contributed by atoms with Crippen LogP contribution in [0, 0.1) is 6.92 Å². The third kappa shape index (κ3) is 4.76. The van der Waals surface area contributed by atoms with Crippen LogP contribution in [0.2, 0.25) is 0 Å². The third-order valence-corrected chi connectivity index (χ3v) is 4.49. The Morgan fingerprint density at radius 2 is 2.08 bits per heavy atom. The molecule has 0 unspecified atom stereocenters. The van der Waals surface area contributed by atoms with Crippen molar-refractivity contribution in [2.75, 3.05) is 11.9 Å². The maximum atomic E-state index is 11.9. The molecule has 0 radical (unpaired) electrons. The summed E-state index contributed by atoms with van der Waals surface area (Å²) in [6, 6.07) is 12.0. The predicted octanol–water partition coefficient (Wildman–Crippen LogP) is 3.00. The molecule has 2 N–H and O–H groups in total. The smallest absolute Gasteiger partial charge is 0.222 e. The molecule has 0 atom stereocenters. The molecule has 25 heavy (non-hydrogen) atoms. The normalized spacial score (nSPS) is 13.8. The SMILES string of the molecule is Cc1ccnc(NC(=S)NCc2ccccc2CN2CCCC2=O)c1. The van der Waals surface area contributed by atoms with Crippen molar-refractivity contribution in [1.29, 1.82) is 0 Å². The van der Waals surface area contributed by atoms with Crippen molar-refractivity contribution in [3.05, 3.63) is 59.3 Å². The number of carbonyl (C=O) groups is 1. The van der Waals surface area contributed by atoms with Gasteiger partial charge in [-0.1, -0.05) is 24.3 Å². The number of aromatic nitrogens is 1. The summed E-state index contributed by atoms with van der Waals surface area (Å²) < 4.78 is 0. The van der Waals surface area contributed by atoms with Crippen molar-refractivity contribution >= 4 is 29.1 Å². The molecular formula is C19H22N4OS. The summed E-state index contributed by atoms with van der Waals surface area (Å²) in [4.78, 5) is 18.0. The van der Waals surface area contributed by atoms with Crippen LogP contribution in [0.1, 0.15) is 29.5 Å². The van der Waals surface area contributed by atoms with E-state index in [2.05, 4.69) is 27.8 Å². The van der Waals surface area contributed by atoms with Gasteiger partial charge in [-0.2, -0.15) is 0 Å². The van der Waals surface area contributed by atoms with Crippen LogP contribution in [0.3, 0.4) is 0 Å². The fourth-order valence-corrected chi connectivity index (χ4v) is 3.08. The lowest BCUT2D eigenvalue weighted by molar-refractivity contribution is -0.128. The molecule has 5 nitrogen and oxygen atoms in total. The minimum atomic E-state index is 0.241. The molecule has 0 spiro atoms. The molecule has 6 heteroatoms. The van der Waals surface area contributed by atoms with Crippen molar-refractivity contribution in [2.45, 2.75) is 32.9 Å². The van der Waals surface area contributed by atoms with Gasteiger partial charge in [-0.05, 0) is 54.4 Å². The fourth-order valence-electron chi connectivity index (χ4n) is 2.90. The second kappa shape index (κ2) is 8.07. The number of nitrogens with one attached hydrogen (secondary N) is 2. The monoisotopic (exact) mass is 354 g/mol. The Hall–Kier alpha value is -2.47. The fraction of sp³-hybridized carbons (Fsp3) is 0.316. The first kappa shape index (κ1) is 17.4. The lowest BCUT2D eigenvalue weighted by atomic mass is 10.1. The highest BCUT2D eigenvalue weighted by molar-refractivity contribution is 7.80. The minimum absolute atomic E-state index is 0.241. The molecule has 0 aliphatic carbocycles. The van der Waals surface area contributed by atoms with Gasteiger partial charge in [0, 0.05) is 32.3 Å². The van der Waals surface area contributed by atoms with Crippen LogP contribution >= 0.6 is 12.2 Å². The van der Waals surface area contributed by atoms with E-state index in [1.165, 1.54) is 0 Å². The van der Waals surface area contributed by atoms with Crippen molar-refractivity contribution in [3.8, 4) is 0 Å². The number of nitrogens with zero attached hydrogens (tertiary/aromatic N) is 2. The van der Waals surface area contributed by atoms with E-state index in [0.717, 1.165) is 35.5 Å². The molecule has 1 aliphatic rings. The molecule has 2 aromatic rings. The van der Waals surface area contributed by atoms with Gasteiger partial charge in [0.2, 0.25) is 5.91 Å². The van der Waals surface area contributed by atoms with Gasteiger partial charge in [0.1, 0.15) is 5.82 Å². The Kier molecular flexibility index (Phi) is 5.60. The summed E-state index contributed by atoms with van der Waals surface area (Å²) in [6.07, 6.45) is 3.37. The van der Waals surface area contributed by atoms with Crippen molar-refractivity contribution in [1.82, 2.24) is 15.2 Å². The molecule has 0 saturated carbocycles. The van der Waals surface area contributed by atoms with Crippen LogP contribution in [0.4, 0.5) is 5.82 Å². The van der Waals surface area contributed by atoms with Gasteiger partial charge in [-0.15, -0.1) is 0 Å². The van der Waals surface area contributed by atoms with E-state index in [-0.39, 0.29) is 5.91 Å². The van der Waals surface area contributed by atoms with E-state index in [4.69, 9.17) is 12.2 Å². The van der Waals surface area contributed by atoms with Gasteiger partial charge in [0.05, 0.1) is 0 Å². The van der Waals surface area contributed by atoms with Crippen LogP contribution in [0.5, 0.6) is 0 Å². The Labute approximate surface area is 153 Å². The summed E-state index contributed by atoms with van der Waals surface area (Å²) in [5, 5.41) is 6.85. The lowest BCUT2D eigenvalue weighted by Crippen LogP contribution is -2.29. The number of carbonyl (C=O) groups excluding carboxylic acids is 1. The Balaban J connectivity index is 1.59. The van der Waals surface area contributed by atoms with Crippen LogP contribution in [0.25, 0.3) is 0 Å². The standard InChI is InChI=1S/C19H22N4OS/c1-14-8-9-20-17(11-14)22-19(25)21-12-15-5-2-3-6-16(15)13-23-10-4-7-18(23)24/h2-3,5-6,8-9,11H,4,7,10,12-13H2,1H3,(H2,20,21,22,25). The van der Waals surface area contributed by atoms with E-state index >= 15 is 0 Å². The zero-order chi connectivity index (χ0) is 17.6. The number of pyridine rings is 1. The number of rotatable bonds is 5. The van der Waals surface area contributed by atoms with Crippen LogP contribution < -0.4 is 10.6 Å². The second-order valence-corrected chi connectivity index (χ2v) is 6.62. The lowest BCUT2D eigenvalue weighted by Gasteiger charge is -2.19. The van der Waals surface area contributed by atoms with Gasteiger partial charge in [-0.25, -0.2) is 4.98 Å². The quantitative estimate of drug-likeness (QED) is 0.809. The van der Waals surface area contributed by atoms with Gasteiger partial charge < -0.3 is 15.5 Å². The maximum absolute atomic E-state index is 11.9. The topological polar surface area (TPSA) is 57.3 Å². The number of likely N-dealkylation sites (tertiary alicyclic amines) is 1. The molecule has 0 bridgehead atoms. The van der Waals surface area contributed by atoms with Crippen LogP contribution in [-0.2, 0) is 17.9 Å². The van der Waals surface area contributed by atoms with Crippen LogP contribution in [-0.4, -0.2) is 27.4 Å². The number of benzene rings is 1. The van der Waals surface area contributed by atoms with E-state index in [1.54, 1.807) is 6.20 Å². The first-order valence-corrected chi connectivity index (χ1v) is 8.85. The van der Waals surface area contributed by atoms with Gasteiger partial charge in [0.25, 0.3) is 0 Å². The Bertz CT molecular complexity index is 778. The average Bonchev–Trinajstić information content (AvgIpc) is 2.99. The molecule has 2 heterocycles. The highest BCUT2D eigenvalue weighted by Crippen LogP contribution is 2.17. The van der Waals surface area contributed by atoms with E-state index in [0.29, 0.717) is 24.6 Å². The molecule has 1 aromatic carbocycles. The molecule has 1 saturated heterocycles. The highest BCUT2D eigenvalue weighted by atomic mass is 32.1. The van der Waals surface area contributed by atoms with Gasteiger partial charge in [-0.3, -0.25) is 4.79 Å². The van der Waals surface area contributed by atoms with E-state index < -0.39 is 0 Å². The number of thiocarbonyl (C=S) groups is 1. The Morgan fingerprint density at radius 3 is 2.80 bits per heavy atom. The van der Waals surface area contributed by atoms with Gasteiger partial charge >= 0.3 is 0 Å². The zero-order valence-corrected chi connectivity index (χ0v) is 15.1. The summed E-state index contributed by atoms with van der Waals surface area (Å²) >= 11 is 5.36. The Morgan fingerprint density at radius 1 is 1.28 bits per heavy atom. The second-order valence-electron chi connectivity index (χ2n) is 6.21. The molecule has 1 aromatic heterocycles. The van der Waals surface area contributed by atoms with Gasteiger partial charge in [0.15, 0.2) is 5.11 Å². The van der Waals surface area contributed by atoms with Crippen molar-refractivity contribution < 1.29 is 4.79 Å².